The normalized spacial score (nSPS) is 12.0. The van der Waals surface area contributed by atoms with Gasteiger partial charge in [0.15, 0.2) is 5.69 Å². The summed E-state index contributed by atoms with van der Waals surface area (Å²) in [5, 5.41) is 10.7. The Kier molecular flexibility index (Phi) is 4.05. The smallest absolute Gasteiger partial charge is 0.361 e. The Morgan fingerprint density at radius 2 is 2.33 bits per heavy atom. The highest BCUT2D eigenvalue weighted by Gasteiger charge is 2.28. The molecule has 2 rings (SSSR count). The summed E-state index contributed by atoms with van der Waals surface area (Å²) in [5.74, 6) is -0.132. The van der Waals surface area contributed by atoms with Crippen molar-refractivity contribution in [3.8, 4) is 0 Å². The van der Waals surface area contributed by atoms with Crippen LogP contribution in [-0.2, 0) is 6.54 Å². The van der Waals surface area contributed by atoms with E-state index in [1.54, 1.807) is 6.92 Å². The van der Waals surface area contributed by atoms with Gasteiger partial charge in [0.25, 0.3) is 5.91 Å². The molecule has 0 atom stereocenters. The zero-order valence-electron chi connectivity index (χ0n) is 10.8. The first-order valence-electron chi connectivity index (χ1n) is 5.70. The lowest BCUT2D eigenvalue weighted by atomic mass is 10.4. The minimum atomic E-state index is -4.35. The quantitative estimate of drug-likeness (QED) is 0.685. The van der Waals surface area contributed by atoms with Crippen molar-refractivity contribution in [1.29, 1.82) is 0 Å². The van der Waals surface area contributed by atoms with E-state index in [1.165, 1.54) is 12.1 Å². The Balaban J connectivity index is 1.91. The van der Waals surface area contributed by atoms with Crippen LogP contribution in [0.1, 0.15) is 21.9 Å². The molecule has 2 heterocycles. The molecule has 1 amide bonds. The number of alkyl halides is 3. The average Bonchev–Trinajstić information content (AvgIpc) is 2.96. The molecule has 0 unspecified atom stereocenters. The molecule has 0 aliphatic rings. The molecule has 10 heteroatoms. The number of hydrazone groups is 1. The van der Waals surface area contributed by atoms with Crippen LogP contribution < -0.4 is 5.43 Å². The lowest BCUT2D eigenvalue weighted by Crippen LogP contribution is -2.19. The van der Waals surface area contributed by atoms with Crippen molar-refractivity contribution in [1.82, 2.24) is 20.4 Å². The summed E-state index contributed by atoms with van der Waals surface area (Å²) in [5.41, 5.74) is 2.38. The van der Waals surface area contributed by atoms with Crippen LogP contribution in [0.3, 0.4) is 0 Å². The van der Waals surface area contributed by atoms with Crippen molar-refractivity contribution in [2.24, 2.45) is 5.10 Å². The molecule has 0 aromatic carbocycles. The number of carbonyl (C=O) groups is 1. The molecule has 0 aliphatic carbocycles. The lowest BCUT2D eigenvalue weighted by molar-refractivity contribution is -0.142. The second-order valence-electron chi connectivity index (χ2n) is 4.08. The molecule has 2 aromatic heterocycles. The van der Waals surface area contributed by atoms with Crippen LogP contribution in [0.25, 0.3) is 0 Å². The topological polar surface area (TPSA) is 85.3 Å². The van der Waals surface area contributed by atoms with Crippen LogP contribution in [0, 0.1) is 6.92 Å². The molecule has 2 aromatic rings. The van der Waals surface area contributed by atoms with Gasteiger partial charge >= 0.3 is 6.18 Å². The number of hydrogen-bond donors (Lipinski definition) is 1. The van der Waals surface area contributed by atoms with E-state index >= 15 is 0 Å². The highest BCUT2D eigenvalue weighted by Crippen LogP contribution is 2.16. The zero-order valence-corrected chi connectivity index (χ0v) is 10.8. The highest BCUT2D eigenvalue weighted by atomic mass is 19.4. The van der Waals surface area contributed by atoms with Gasteiger partial charge in [-0.3, -0.25) is 9.48 Å². The summed E-state index contributed by atoms with van der Waals surface area (Å²) in [7, 11) is 0. The van der Waals surface area contributed by atoms with Crippen molar-refractivity contribution in [2.75, 3.05) is 0 Å². The minimum absolute atomic E-state index is 0.0484. The van der Waals surface area contributed by atoms with Crippen LogP contribution >= 0.6 is 0 Å². The van der Waals surface area contributed by atoms with Gasteiger partial charge in [0.2, 0.25) is 0 Å². The fraction of sp³-hybridized carbons (Fsp3) is 0.273. The third kappa shape index (κ3) is 4.44. The SMILES string of the molecule is Cc1cc(C(=O)N/N=C\c2ccn(CC(F)(F)F)n2)no1. The Labute approximate surface area is 116 Å². The molecule has 0 aliphatic heterocycles. The number of nitrogens with zero attached hydrogens (tertiary/aromatic N) is 4. The van der Waals surface area contributed by atoms with Crippen molar-refractivity contribution in [3.05, 3.63) is 35.5 Å². The first kappa shape index (κ1) is 14.8. The summed E-state index contributed by atoms with van der Waals surface area (Å²) in [4.78, 5) is 11.5. The number of rotatable bonds is 4. The van der Waals surface area contributed by atoms with E-state index in [0.29, 0.717) is 5.76 Å². The van der Waals surface area contributed by atoms with Crippen LogP contribution in [-0.4, -0.2) is 33.2 Å². The number of nitrogens with one attached hydrogen (secondary N) is 1. The second kappa shape index (κ2) is 5.77. The number of aryl methyl sites for hydroxylation is 1. The van der Waals surface area contributed by atoms with E-state index in [0.717, 1.165) is 17.1 Å². The third-order valence-corrected chi connectivity index (χ3v) is 2.23. The molecular formula is C11H10F3N5O2. The van der Waals surface area contributed by atoms with E-state index < -0.39 is 18.6 Å². The molecule has 0 bridgehead atoms. The van der Waals surface area contributed by atoms with Crippen molar-refractivity contribution in [3.63, 3.8) is 0 Å². The highest BCUT2D eigenvalue weighted by molar-refractivity contribution is 5.92. The van der Waals surface area contributed by atoms with Gasteiger partial charge in [-0.25, -0.2) is 5.43 Å². The molecule has 0 spiro atoms. The molecule has 0 saturated heterocycles. The maximum Gasteiger partial charge on any atom is 0.408 e. The van der Waals surface area contributed by atoms with Gasteiger partial charge < -0.3 is 4.52 Å². The van der Waals surface area contributed by atoms with E-state index in [4.69, 9.17) is 4.52 Å². The van der Waals surface area contributed by atoms with Gasteiger partial charge in [0, 0.05) is 12.3 Å². The monoisotopic (exact) mass is 301 g/mol. The molecule has 0 radical (unpaired) electrons. The summed E-state index contributed by atoms with van der Waals surface area (Å²) in [6, 6.07) is 2.75. The van der Waals surface area contributed by atoms with Gasteiger partial charge in [0.1, 0.15) is 18.0 Å². The van der Waals surface area contributed by atoms with Gasteiger partial charge in [-0.15, -0.1) is 0 Å². The van der Waals surface area contributed by atoms with Crippen LogP contribution in [0.2, 0.25) is 0 Å². The van der Waals surface area contributed by atoms with Crippen molar-refractivity contribution >= 4 is 12.1 Å². The molecule has 7 nitrogen and oxygen atoms in total. The largest absolute Gasteiger partial charge is 0.408 e. The van der Waals surface area contributed by atoms with Crippen LogP contribution in [0.4, 0.5) is 13.2 Å². The standard InChI is InChI=1S/C11H10F3N5O2/c1-7-4-9(18-21-7)10(20)16-15-5-8-2-3-19(17-8)6-11(12,13)14/h2-5H,6H2,1H3,(H,16,20)/b15-5-. The van der Waals surface area contributed by atoms with Crippen LogP contribution in [0.5, 0.6) is 0 Å². The van der Waals surface area contributed by atoms with Gasteiger partial charge in [-0.05, 0) is 13.0 Å². The molecule has 1 N–H and O–H groups in total. The Bertz CT molecular complexity index is 659. The first-order chi connectivity index (χ1) is 9.83. The molecular weight excluding hydrogens is 291 g/mol. The van der Waals surface area contributed by atoms with E-state index in [-0.39, 0.29) is 11.4 Å². The van der Waals surface area contributed by atoms with Crippen molar-refractivity contribution in [2.45, 2.75) is 19.6 Å². The van der Waals surface area contributed by atoms with E-state index in [2.05, 4.69) is 20.8 Å². The molecule has 21 heavy (non-hydrogen) atoms. The maximum atomic E-state index is 12.1. The Hall–Kier alpha value is -2.65. The lowest BCUT2D eigenvalue weighted by Gasteiger charge is -2.04. The summed E-state index contributed by atoms with van der Waals surface area (Å²) in [6.45, 7) is 0.436. The second-order valence-corrected chi connectivity index (χ2v) is 4.08. The number of hydrogen-bond acceptors (Lipinski definition) is 5. The summed E-state index contributed by atoms with van der Waals surface area (Å²) >= 11 is 0. The van der Waals surface area contributed by atoms with Gasteiger partial charge in [0.05, 0.1) is 6.21 Å². The van der Waals surface area contributed by atoms with E-state index in [9.17, 15) is 18.0 Å². The number of aromatic nitrogens is 3. The summed E-state index contributed by atoms with van der Waals surface area (Å²) in [6.07, 6.45) is -2.06. The van der Waals surface area contributed by atoms with Crippen LogP contribution in [0.15, 0.2) is 28.0 Å². The zero-order chi connectivity index (χ0) is 15.5. The van der Waals surface area contributed by atoms with E-state index in [1.807, 2.05) is 0 Å². The van der Waals surface area contributed by atoms with Crippen molar-refractivity contribution < 1.29 is 22.5 Å². The molecule has 0 saturated carbocycles. The molecule has 0 fully saturated rings. The predicted molar refractivity (Wildman–Crippen MR) is 64.6 cm³/mol. The Morgan fingerprint density at radius 1 is 1.57 bits per heavy atom. The fourth-order valence-electron chi connectivity index (χ4n) is 1.41. The van der Waals surface area contributed by atoms with Gasteiger partial charge in [-0.2, -0.15) is 23.4 Å². The first-order valence-corrected chi connectivity index (χ1v) is 5.70. The van der Waals surface area contributed by atoms with Gasteiger partial charge in [-0.1, -0.05) is 5.16 Å². The number of amides is 1. The minimum Gasteiger partial charge on any atom is -0.361 e. The molecule has 112 valence electrons. The predicted octanol–water partition coefficient (Wildman–Crippen LogP) is 1.51. The average molecular weight is 301 g/mol. The number of halogens is 3. The third-order valence-electron chi connectivity index (χ3n) is 2.23. The maximum absolute atomic E-state index is 12.1. The number of carbonyl (C=O) groups excluding carboxylic acids is 1. The Morgan fingerprint density at radius 3 is 2.95 bits per heavy atom. The fourth-order valence-corrected chi connectivity index (χ4v) is 1.41. The summed E-state index contributed by atoms with van der Waals surface area (Å²) < 4.78 is 41.8.